The molecule has 7 heteroatoms. The number of benzene rings is 2. The second kappa shape index (κ2) is 5.66. The Kier molecular flexibility index (Phi) is 3.55. The highest BCUT2D eigenvalue weighted by Crippen LogP contribution is 2.27. The van der Waals surface area contributed by atoms with Gasteiger partial charge in [-0.1, -0.05) is 0 Å². The average molecular weight is 296 g/mol. The Labute approximate surface area is 125 Å². The van der Waals surface area contributed by atoms with Gasteiger partial charge in [-0.2, -0.15) is 0 Å². The van der Waals surface area contributed by atoms with Crippen LogP contribution < -0.4 is 5.48 Å². The van der Waals surface area contributed by atoms with Gasteiger partial charge in [0.1, 0.15) is 0 Å². The zero-order chi connectivity index (χ0) is 15.5. The van der Waals surface area contributed by atoms with E-state index < -0.39 is 4.92 Å². The molecule has 7 nitrogen and oxygen atoms in total. The van der Waals surface area contributed by atoms with Gasteiger partial charge in [-0.15, -0.1) is 0 Å². The molecule has 0 fully saturated rings. The normalized spacial score (nSPS) is 10.4. The number of nitro groups is 1. The first-order chi connectivity index (χ1) is 10.7. The first kappa shape index (κ1) is 13.8. The molecule has 0 aliphatic heterocycles. The molecule has 0 amide bonds. The van der Waals surface area contributed by atoms with Crippen LogP contribution in [0.5, 0.6) is 0 Å². The molecule has 1 aromatic heterocycles. The molecule has 2 aromatic carbocycles. The van der Waals surface area contributed by atoms with Gasteiger partial charge in [0, 0.05) is 28.9 Å². The average Bonchev–Trinajstić information content (AvgIpc) is 3.05. The van der Waals surface area contributed by atoms with E-state index in [2.05, 4.69) is 4.98 Å². The van der Waals surface area contributed by atoms with Crippen molar-refractivity contribution in [1.29, 1.82) is 0 Å². The molecule has 3 rings (SSSR count). The summed E-state index contributed by atoms with van der Waals surface area (Å²) in [5, 5.41) is 21.1. The highest BCUT2D eigenvalue weighted by molar-refractivity contribution is 5.64. The first-order valence-electron chi connectivity index (χ1n) is 6.36. The lowest BCUT2D eigenvalue weighted by atomic mass is 10.2. The van der Waals surface area contributed by atoms with Gasteiger partial charge in [0.2, 0.25) is 5.89 Å². The van der Waals surface area contributed by atoms with Crippen LogP contribution in [0.1, 0.15) is 0 Å². The van der Waals surface area contributed by atoms with Crippen molar-refractivity contribution in [3.8, 4) is 22.8 Å². The molecule has 0 unspecified atom stereocenters. The predicted octanol–water partition coefficient (Wildman–Crippen LogP) is 3.83. The van der Waals surface area contributed by atoms with Gasteiger partial charge in [-0.3, -0.25) is 10.1 Å². The summed E-state index contributed by atoms with van der Waals surface area (Å²) in [4.78, 5) is 14.3. The molecule has 3 aromatic rings. The summed E-state index contributed by atoms with van der Waals surface area (Å²) in [7, 11) is 0. The van der Waals surface area contributed by atoms with Gasteiger partial charge in [0.05, 0.1) is 11.1 Å². The summed E-state index contributed by atoms with van der Waals surface area (Å²) >= 11 is 0. The summed E-state index contributed by atoms with van der Waals surface area (Å²) in [6.45, 7) is 0. The summed E-state index contributed by atoms with van der Waals surface area (Å²) in [6, 6.07) is 12.7. The molecular formula is C15H10N3O4-. The zero-order valence-corrected chi connectivity index (χ0v) is 11.2. The standard InChI is InChI=1S/C15H10N3O4/c19-17-12-5-1-10(2-6-12)14-9-16-15(22-14)11-3-7-13(8-4-11)18(20)21/h1-9,17H/q-1. The smallest absolute Gasteiger partial charge is 0.269 e. The third-order valence-corrected chi connectivity index (χ3v) is 3.12. The number of aromatic nitrogens is 1. The fraction of sp³-hybridized carbons (Fsp3) is 0. The summed E-state index contributed by atoms with van der Waals surface area (Å²) in [5.74, 6) is 0.918. The van der Waals surface area contributed by atoms with E-state index in [1.54, 1.807) is 48.1 Å². The Morgan fingerprint density at radius 1 is 1.00 bits per heavy atom. The molecule has 0 atom stereocenters. The van der Waals surface area contributed by atoms with Gasteiger partial charge in [-0.05, 0) is 36.4 Å². The number of nitrogens with one attached hydrogen (secondary N) is 1. The highest BCUT2D eigenvalue weighted by Gasteiger charge is 2.10. The Morgan fingerprint density at radius 3 is 2.23 bits per heavy atom. The van der Waals surface area contributed by atoms with Gasteiger partial charge in [0.25, 0.3) is 5.69 Å². The summed E-state index contributed by atoms with van der Waals surface area (Å²) < 4.78 is 5.65. The van der Waals surface area contributed by atoms with E-state index in [1.807, 2.05) is 0 Å². The van der Waals surface area contributed by atoms with Gasteiger partial charge in [0.15, 0.2) is 5.76 Å². The molecule has 0 radical (unpaired) electrons. The molecule has 0 saturated carbocycles. The number of oxazole rings is 1. The van der Waals surface area contributed by atoms with Crippen molar-refractivity contribution < 1.29 is 9.34 Å². The molecule has 0 aliphatic rings. The van der Waals surface area contributed by atoms with Crippen LogP contribution in [-0.2, 0) is 0 Å². The van der Waals surface area contributed by atoms with E-state index >= 15 is 0 Å². The van der Waals surface area contributed by atoms with Crippen molar-refractivity contribution in [2.45, 2.75) is 0 Å². The van der Waals surface area contributed by atoms with E-state index in [1.165, 1.54) is 12.1 Å². The summed E-state index contributed by atoms with van der Waals surface area (Å²) in [6.07, 6.45) is 1.57. The monoisotopic (exact) mass is 296 g/mol. The molecule has 22 heavy (non-hydrogen) atoms. The van der Waals surface area contributed by atoms with E-state index in [0.29, 0.717) is 22.9 Å². The SMILES string of the molecule is O=[N+]([O-])c1ccc(-c2ncc(-c3ccc(N[O-])cc3)o2)cc1. The van der Waals surface area contributed by atoms with Crippen LogP contribution in [0.4, 0.5) is 11.4 Å². The number of anilines is 1. The Hall–Kier alpha value is -3.19. The number of hydrogen-bond donors (Lipinski definition) is 1. The molecule has 0 bridgehead atoms. The minimum absolute atomic E-state index is 0.0104. The fourth-order valence-electron chi connectivity index (χ4n) is 1.97. The molecule has 0 saturated heterocycles. The highest BCUT2D eigenvalue weighted by atomic mass is 16.6. The minimum atomic E-state index is -0.462. The van der Waals surface area contributed by atoms with Crippen LogP contribution >= 0.6 is 0 Å². The molecule has 1 N–H and O–H groups in total. The zero-order valence-electron chi connectivity index (χ0n) is 11.2. The fourth-order valence-corrected chi connectivity index (χ4v) is 1.97. The Morgan fingerprint density at radius 2 is 1.64 bits per heavy atom. The van der Waals surface area contributed by atoms with Crippen LogP contribution in [0.15, 0.2) is 59.1 Å². The minimum Gasteiger partial charge on any atom is -0.761 e. The third-order valence-electron chi connectivity index (χ3n) is 3.12. The van der Waals surface area contributed by atoms with Crippen LogP contribution in [-0.4, -0.2) is 9.91 Å². The maximum absolute atomic E-state index is 10.6. The van der Waals surface area contributed by atoms with Crippen molar-refractivity contribution in [3.05, 3.63) is 70.0 Å². The van der Waals surface area contributed by atoms with E-state index in [4.69, 9.17) is 4.42 Å². The van der Waals surface area contributed by atoms with Gasteiger partial charge >= 0.3 is 0 Å². The topological polar surface area (TPSA) is 104 Å². The lowest BCUT2D eigenvalue weighted by Gasteiger charge is -2.08. The number of nitrogens with zero attached hydrogens (tertiary/aromatic N) is 2. The van der Waals surface area contributed by atoms with Crippen LogP contribution in [0.3, 0.4) is 0 Å². The molecular weight excluding hydrogens is 286 g/mol. The quantitative estimate of drug-likeness (QED) is 0.579. The number of nitro benzene ring substituents is 1. The van der Waals surface area contributed by atoms with Crippen molar-refractivity contribution in [1.82, 2.24) is 4.98 Å². The number of hydrogen-bond acceptors (Lipinski definition) is 6. The van der Waals surface area contributed by atoms with Crippen LogP contribution in [0.2, 0.25) is 0 Å². The van der Waals surface area contributed by atoms with E-state index in [0.717, 1.165) is 5.56 Å². The van der Waals surface area contributed by atoms with Crippen LogP contribution in [0.25, 0.3) is 22.8 Å². The predicted molar refractivity (Wildman–Crippen MR) is 81.0 cm³/mol. The molecule has 110 valence electrons. The lowest BCUT2D eigenvalue weighted by Crippen LogP contribution is -1.87. The Balaban J connectivity index is 1.87. The largest absolute Gasteiger partial charge is 0.761 e. The van der Waals surface area contributed by atoms with Gasteiger partial charge in [-0.25, -0.2) is 4.98 Å². The van der Waals surface area contributed by atoms with Crippen molar-refractivity contribution in [2.24, 2.45) is 0 Å². The molecule has 0 spiro atoms. The first-order valence-corrected chi connectivity index (χ1v) is 6.36. The lowest BCUT2D eigenvalue weighted by molar-refractivity contribution is -0.384. The second-order valence-electron chi connectivity index (χ2n) is 4.51. The van der Waals surface area contributed by atoms with Crippen molar-refractivity contribution in [2.75, 3.05) is 5.48 Å². The van der Waals surface area contributed by atoms with E-state index in [9.17, 15) is 15.3 Å². The second-order valence-corrected chi connectivity index (χ2v) is 4.51. The maximum atomic E-state index is 10.6. The van der Waals surface area contributed by atoms with Crippen LogP contribution in [0, 0.1) is 15.3 Å². The maximum Gasteiger partial charge on any atom is 0.269 e. The van der Waals surface area contributed by atoms with E-state index in [-0.39, 0.29) is 5.69 Å². The Bertz CT molecular complexity index is 794. The van der Waals surface area contributed by atoms with Gasteiger partial charge < -0.3 is 15.1 Å². The van der Waals surface area contributed by atoms with Crippen molar-refractivity contribution in [3.63, 3.8) is 0 Å². The number of rotatable bonds is 4. The molecule has 1 heterocycles. The van der Waals surface area contributed by atoms with Crippen molar-refractivity contribution >= 4 is 11.4 Å². The summed E-state index contributed by atoms with van der Waals surface area (Å²) in [5.41, 5.74) is 3.69. The third kappa shape index (κ3) is 2.65. The molecule has 0 aliphatic carbocycles. The number of non-ortho nitro benzene ring substituents is 1.